The van der Waals surface area contributed by atoms with Gasteiger partial charge in [0.25, 0.3) is 0 Å². The number of ether oxygens (including phenoxy) is 2. The summed E-state index contributed by atoms with van der Waals surface area (Å²) >= 11 is 0. The molecule has 5 amide bonds. The maximum absolute atomic E-state index is 14.2. The summed E-state index contributed by atoms with van der Waals surface area (Å²) in [5.74, 6) is -2.23. The topological polar surface area (TPSA) is 138 Å². The van der Waals surface area contributed by atoms with Gasteiger partial charge in [0.2, 0.25) is 17.7 Å². The van der Waals surface area contributed by atoms with Gasteiger partial charge in [-0.3, -0.25) is 19.3 Å². The predicted octanol–water partition coefficient (Wildman–Crippen LogP) is 4.43. The molecule has 49 heavy (non-hydrogen) atoms. The Kier molecular flexibility index (Phi) is 11.9. The van der Waals surface area contributed by atoms with Crippen LogP contribution in [-0.4, -0.2) is 95.0 Å². The van der Waals surface area contributed by atoms with Crippen LogP contribution in [0.4, 0.5) is 14.0 Å². The number of amides is 5. The Labute approximate surface area is 287 Å². The van der Waals surface area contributed by atoms with Crippen LogP contribution >= 0.6 is 0 Å². The van der Waals surface area contributed by atoms with Crippen LogP contribution in [0.25, 0.3) is 0 Å². The molecule has 1 aliphatic carbocycles. The number of carbonyl (C=O) groups excluding carboxylic acids is 5. The van der Waals surface area contributed by atoms with Gasteiger partial charge >= 0.3 is 12.2 Å². The number of piperazine rings is 1. The number of aryl methyl sites for hydroxylation is 1. The van der Waals surface area contributed by atoms with E-state index in [1.807, 2.05) is 24.3 Å². The largest absolute Gasteiger partial charge is 0.444 e. The van der Waals surface area contributed by atoms with Crippen molar-refractivity contribution in [1.29, 1.82) is 0 Å². The van der Waals surface area contributed by atoms with Gasteiger partial charge in [-0.2, -0.15) is 0 Å². The molecule has 4 rings (SSSR count). The van der Waals surface area contributed by atoms with E-state index in [9.17, 15) is 28.4 Å². The van der Waals surface area contributed by atoms with Crippen LogP contribution in [0, 0.1) is 11.7 Å². The van der Waals surface area contributed by atoms with Crippen molar-refractivity contribution in [3.8, 4) is 5.75 Å². The number of nitrogens with zero attached hydrogens (tertiary/aromatic N) is 3. The molecule has 2 aromatic rings. The minimum atomic E-state index is -1.10. The lowest BCUT2D eigenvalue weighted by Gasteiger charge is -2.42. The molecule has 1 fully saturated rings. The van der Waals surface area contributed by atoms with Crippen LogP contribution in [0.2, 0.25) is 0 Å². The van der Waals surface area contributed by atoms with Crippen molar-refractivity contribution in [3.63, 3.8) is 0 Å². The zero-order valence-corrected chi connectivity index (χ0v) is 29.3. The first-order valence-corrected chi connectivity index (χ1v) is 16.7. The molecule has 266 valence electrons. The van der Waals surface area contributed by atoms with Gasteiger partial charge in [0.05, 0.1) is 12.6 Å². The average Bonchev–Trinajstić information content (AvgIpc) is 3.06. The van der Waals surface area contributed by atoms with E-state index in [-0.39, 0.29) is 37.3 Å². The van der Waals surface area contributed by atoms with Gasteiger partial charge in [-0.25, -0.2) is 14.0 Å². The Morgan fingerprint density at radius 2 is 1.65 bits per heavy atom. The van der Waals surface area contributed by atoms with Crippen LogP contribution in [0.15, 0.2) is 48.5 Å². The van der Waals surface area contributed by atoms with Crippen molar-refractivity contribution in [3.05, 3.63) is 65.5 Å². The summed E-state index contributed by atoms with van der Waals surface area (Å²) in [7, 11) is 1.44. The second-order valence-corrected chi connectivity index (χ2v) is 14.0. The Hall–Kier alpha value is -4.68. The Bertz CT molecular complexity index is 1530. The lowest BCUT2D eigenvalue weighted by molar-refractivity contribution is -0.147. The van der Waals surface area contributed by atoms with Crippen molar-refractivity contribution in [2.24, 2.45) is 5.92 Å². The summed E-state index contributed by atoms with van der Waals surface area (Å²) in [5, 5.41) is 5.91. The third-order valence-corrected chi connectivity index (χ3v) is 8.80. The number of carbonyl (C=O) groups is 5. The zero-order chi connectivity index (χ0) is 36.0. The number of benzene rings is 2. The number of likely N-dealkylation sites (N-methyl/N-ethyl adjacent to an activating group) is 1. The first-order chi connectivity index (χ1) is 23.1. The van der Waals surface area contributed by atoms with Gasteiger partial charge in [0, 0.05) is 20.1 Å². The highest BCUT2D eigenvalue weighted by Gasteiger charge is 2.42. The highest BCUT2D eigenvalue weighted by Crippen LogP contribution is 2.30. The van der Waals surface area contributed by atoms with Crippen molar-refractivity contribution < 1.29 is 37.8 Å². The van der Waals surface area contributed by atoms with Gasteiger partial charge in [0.15, 0.2) is 0 Å². The second kappa shape index (κ2) is 15.7. The lowest BCUT2D eigenvalue weighted by atomic mass is 9.87. The van der Waals surface area contributed by atoms with Crippen molar-refractivity contribution in [1.82, 2.24) is 25.3 Å². The first kappa shape index (κ1) is 37.1. The number of fused-ring (bicyclic) bond motifs is 1. The van der Waals surface area contributed by atoms with Gasteiger partial charge in [0.1, 0.15) is 35.3 Å². The average molecular weight is 682 g/mol. The molecule has 0 spiro atoms. The Balaban J connectivity index is 1.55. The van der Waals surface area contributed by atoms with E-state index in [2.05, 4.69) is 10.6 Å². The fourth-order valence-electron chi connectivity index (χ4n) is 5.91. The molecule has 2 aromatic carbocycles. The summed E-state index contributed by atoms with van der Waals surface area (Å²) in [4.78, 5) is 71.4. The van der Waals surface area contributed by atoms with Crippen LogP contribution in [0.5, 0.6) is 5.75 Å². The number of halogens is 1. The smallest absolute Gasteiger partial charge is 0.415 e. The van der Waals surface area contributed by atoms with Crippen LogP contribution in [0.3, 0.4) is 0 Å². The summed E-state index contributed by atoms with van der Waals surface area (Å²) in [5.41, 5.74) is 1.40. The monoisotopic (exact) mass is 681 g/mol. The third kappa shape index (κ3) is 9.48. The van der Waals surface area contributed by atoms with E-state index in [1.54, 1.807) is 34.6 Å². The molecule has 1 heterocycles. The molecule has 2 N–H and O–H groups in total. The van der Waals surface area contributed by atoms with Crippen LogP contribution in [-0.2, 0) is 25.5 Å². The maximum atomic E-state index is 14.2. The molecule has 13 heteroatoms. The number of hydrogen-bond acceptors (Lipinski definition) is 7. The van der Waals surface area contributed by atoms with Gasteiger partial charge in [-0.05, 0) is 88.3 Å². The van der Waals surface area contributed by atoms with E-state index < -0.39 is 59.5 Å². The molecule has 0 radical (unpaired) electrons. The van der Waals surface area contributed by atoms with Crippen molar-refractivity contribution in [2.45, 2.75) is 90.6 Å². The molecule has 0 aromatic heterocycles. The molecule has 2 aliphatic rings. The van der Waals surface area contributed by atoms with E-state index in [4.69, 9.17) is 9.47 Å². The molecule has 0 saturated carbocycles. The molecule has 1 saturated heterocycles. The first-order valence-electron chi connectivity index (χ1n) is 16.7. The van der Waals surface area contributed by atoms with E-state index in [0.717, 1.165) is 28.9 Å². The molecule has 1 unspecified atom stereocenters. The van der Waals surface area contributed by atoms with Crippen LogP contribution in [0.1, 0.15) is 71.6 Å². The zero-order valence-electron chi connectivity index (χ0n) is 29.3. The SMILES string of the molecule is CC(C)[C@H](NC(=O)[C@H](C)N(C)C(=O)OC(C)(C)C)C(=O)N1CCN(C(=O)Oc2ccc(F)cc2)C[C@H]1C(=O)NC1CCCc2ccccc21. The second-order valence-electron chi connectivity index (χ2n) is 14.0. The van der Waals surface area contributed by atoms with E-state index >= 15 is 0 Å². The lowest BCUT2D eigenvalue weighted by Crippen LogP contribution is -2.65. The van der Waals surface area contributed by atoms with Crippen molar-refractivity contribution in [2.75, 3.05) is 26.7 Å². The summed E-state index contributed by atoms with van der Waals surface area (Å²) in [6.07, 6.45) is 1.06. The Morgan fingerprint density at radius 1 is 0.980 bits per heavy atom. The van der Waals surface area contributed by atoms with E-state index in [1.165, 1.54) is 48.0 Å². The minimum Gasteiger partial charge on any atom is -0.444 e. The Morgan fingerprint density at radius 3 is 2.31 bits per heavy atom. The van der Waals surface area contributed by atoms with Gasteiger partial charge in [-0.15, -0.1) is 0 Å². The normalized spacial score (nSPS) is 18.9. The standard InChI is InChI=1S/C36H48FN5O7/c1-22(2)30(39-31(43)23(3)40(7)34(46)49-36(4,5)6)33(45)42-20-19-41(35(47)48-26-17-15-25(37)16-18-26)21-29(42)32(44)38-28-14-10-12-24-11-8-9-13-27(24)28/h8-9,11,13,15-18,22-23,28-30H,10,12,14,19-21H2,1-7H3,(H,38,44)(H,39,43)/t23-,28?,29-,30-/m0/s1. The molecule has 1 aliphatic heterocycles. The fraction of sp³-hybridized carbons (Fsp3) is 0.528. The number of rotatable bonds is 8. The molecule has 0 bridgehead atoms. The van der Waals surface area contributed by atoms with E-state index in [0.29, 0.717) is 6.42 Å². The molecule has 12 nitrogen and oxygen atoms in total. The summed E-state index contributed by atoms with van der Waals surface area (Å²) in [6, 6.07) is 9.52. The number of nitrogens with one attached hydrogen (secondary N) is 2. The quantitative estimate of drug-likeness (QED) is 0.421. The minimum absolute atomic E-state index is 0.0108. The molecular weight excluding hydrogens is 633 g/mol. The van der Waals surface area contributed by atoms with Crippen molar-refractivity contribution >= 4 is 29.9 Å². The summed E-state index contributed by atoms with van der Waals surface area (Å²) in [6.45, 7) is 10.1. The summed E-state index contributed by atoms with van der Waals surface area (Å²) < 4.78 is 24.3. The highest BCUT2D eigenvalue weighted by molar-refractivity contribution is 5.94. The van der Waals surface area contributed by atoms with Gasteiger partial charge < -0.3 is 29.9 Å². The molecule has 4 atom stereocenters. The number of hydrogen-bond donors (Lipinski definition) is 2. The fourth-order valence-corrected chi connectivity index (χ4v) is 5.91. The van der Waals surface area contributed by atoms with Gasteiger partial charge in [-0.1, -0.05) is 38.1 Å². The molecular formula is C36H48FN5O7. The highest BCUT2D eigenvalue weighted by atomic mass is 19.1. The van der Waals surface area contributed by atoms with Crippen LogP contribution < -0.4 is 15.4 Å². The predicted molar refractivity (Wildman–Crippen MR) is 180 cm³/mol. The third-order valence-electron chi connectivity index (χ3n) is 8.80. The maximum Gasteiger partial charge on any atom is 0.415 e.